The van der Waals surface area contributed by atoms with Crippen molar-refractivity contribution in [2.24, 2.45) is 0 Å². The Kier molecular flexibility index (Phi) is 1.11. The Hall–Kier alpha value is -1.09. The zero-order chi connectivity index (χ0) is 6.97. The average Bonchev–Trinajstić information content (AvgIpc) is 2.34. The van der Waals surface area contributed by atoms with Crippen LogP contribution in [0.25, 0.3) is 11.0 Å². The topological polar surface area (TPSA) is 30.7 Å². The third kappa shape index (κ3) is 0.675. The maximum atomic E-state index is 5.62. The molecule has 10 heavy (non-hydrogen) atoms. The molecule has 0 aliphatic rings. The van der Waals surface area contributed by atoms with Gasteiger partial charge < -0.3 is 0 Å². The van der Waals surface area contributed by atoms with Gasteiger partial charge in [-0.2, -0.15) is 9.30 Å². The Morgan fingerprint density at radius 3 is 3.20 bits per heavy atom. The summed E-state index contributed by atoms with van der Waals surface area (Å²) < 4.78 is 1.23. The van der Waals surface area contributed by atoms with Crippen LogP contribution in [0, 0.1) is 0 Å². The summed E-state index contributed by atoms with van der Waals surface area (Å²) in [7, 11) is 0. The van der Waals surface area contributed by atoms with Crippen LogP contribution >= 0.6 is 11.8 Å². The summed E-state index contributed by atoms with van der Waals surface area (Å²) in [5, 5.41) is 4.77. The van der Waals surface area contributed by atoms with Gasteiger partial charge in [-0.15, -0.1) is 0 Å². The fourth-order valence-electron chi connectivity index (χ4n) is 0.832. The number of halogens is 1. The fraction of sp³-hybridized carbons (Fsp3) is 0. The third-order valence-corrected chi connectivity index (χ3v) is 1.54. The largest absolute Gasteiger partial charge is 0.236 e. The molecule has 0 aromatic carbocycles. The van der Waals surface area contributed by atoms with Crippen LogP contribution in [0.1, 0.15) is 0 Å². The lowest BCUT2D eigenvalue weighted by Crippen LogP contribution is -1.82. The average molecular weight is 154 g/mol. The zero-order valence-electron chi connectivity index (χ0n) is 5.03. The summed E-state index contributed by atoms with van der Waals surface area (Å²) >= 11 is 5.62. The van der Waals surface area contributed by atoms with Crippen molar-refractivity contribution in [3.05, 3.63) is 24.5 Å². The molecule has 50 valence electrons. The maximum Gasteiger partial charge on any atom is 0.175 e. The fourth-order valence-corrected chi connectivity index (χ4v) is 1.02. The van der Waals surface area contributed by atoms with E-state index in [4.69, 9.17) is 11.8 Å². The first kappa shape index (κ1) is 5.68. The summed E-state index contributed by atoms with van der Waals surface area (Å²) in [5.41, 5.74) is 0.698. The van der Waals surface area contributed by atoms with Crippen LogP contribution in [0.2, 0.25) is 0 Å². The van der Waals surface area contributed by atoms with Gasteiger partial charge in [0.2, 0.25) is 0 Å². The number of hydrogen-bond donors (Lipinski definition) is 0. The van der Waals surface area contributed by atoms with Gasteiger partial charge >= 0.3 is 0 Å². The Morgan fingerprint density at radius 2 is 2.40 bits per heavy atom. The van der Waals surface area contributed by atoms with Crippen molar-refractivity contribution in [1.82, 2.24) is 14.3 Å². The van der Waals surface area contributed by atoms with Gasteiger partial charge in [0.05, 0.1) is 6.20 Å². The van der Waals surface area contributed by atoms with Crippen molar-refractivity contribution < 1.29 is 0 Å². The number of pyridine rings is 1. The third-order valence-electron chi connectivity index (χ3n) is 1.29. The lowest BCUT2D eigenvalue weighted by molar-refractivity contribution is 1.01. The Balaban J connectivity index is 2.93. The highest BCUT2D eigenvalue weighted by atomic mass is 35.5. The number of nitrogens with zero attached hydrogens (tertiary/aromatic N) is 3. The highest BCUT2D eigenvalue weighted by Gasteiger charge is 1.97. The van der Waals surface area contributed by atoms with Gasteiger partial charge in [0.1, 0.15) is 0 Å². The second kappa shape index (κ2) is 1.95. The number of hydrogen-bond acceptors (Lipinski definition) is 2. The number of fused-ring (bicyclic) bond motifs is 1. The van der Waals surface area contributed by atoms with Gasteiger partial charge in [0.25, 0.3) is 0 Å². The van der Waals surface area contributed by atoms with E-state index in [9.17, 15) is 0 Å². The highest BCUT2D eigenvalue weighted by molar-refractivity contribution is 6.17. The number of aromatic nitrogens is 3. The second-order valence-electron chi connectivity index (χ2n) is 1.92. The minimum Gasteiger partial charge on any atom is -0.236 e. The molecule has 0 saturated heterocycles. The first-order chi connectivity index (χ1) is 4.88. The molecule has 2 rings (SSSR count). The smallest absolute Gasteiger partial charge is 0.175 e. The molecule has 2 heterocycles. The van der Waals surface area contributed by atoms with Gasteiger partial charge in [-0.1, -0.05) is 0 Å². The van der Waals surface area contributed by atoms with Gasteiger partial charge in [-0.3, -0.25) is 0 Å². The normalized spacial score (nSPS) is 10.5. The molecule has 0 amide bonds. The molecule has 0 unspecified atom stereocenters. The molecule has 0 fully saturated rings. The second-order valence-corrected chi connectivity index (χ2v) is 2.24. The van der Waals surface area contributed by atoms with Gasteiger partial charge in [-0.25, -0.2) is 4.98 Å². The van der Waals surface area contributed by atoms with E-state index in [0.717, 1.165) is 5.39 Å². The molecular formula is C6H4ClN3. The standard InChI is InChI=1S/C6H4ClN3/c7-10-6-5(4-9-10)2-1-3-8-6/h1-4H. The molecule has 2 aromatic heterocycles. The summed E-state index contributed by atoms with van der Waals surface area (Å²) in [6.45, 7) is 0. The van der Waals surface area contributed by atoms with Crippen LogP contribution in [0.4, 0.5) is 0 Å². The first-order valence-electron chi connectivity index (χ1n) is 2.83. The van der Waals surface area contributed by atoms with E-state index >= 15 is 0 Å². The number of rotatable bonds is 0. The molecule has 0 spiro atoms. The van der Waals surface area contributed by atoms with Crippen molar-refractivity contribution in [2.45, 2.75) is 0 Å². The minimum absolute atomic E-state index is 0.698. The van der Waals surface area contributed by atoms with E-state index in [-0.39, 0.29) is 0 Å². The van der Waals surface area contributed by atoms with Crippen molar-refractivity contribution in [3.8, 4) is 0 Å². The summed E-state index contributed by atoms with van der Waals surface area (Å²) in [6, 6.07) is 3.76. The van der Waals surface area contributed by atoms with Crippen molar-refractivity contribution in [2.75, 3.05) is 0 Å². The van der Waals surface area contributed by atoms with Crippen LogP contribution in [0.3, 0.4) is 0 Å². The lowest BCUT2D eigenvalue weighted by Gasteiger charge is -1.85. The molecule has 0 radical (unpaired) electrons. The highest BCUT2D eigenvalue weighted by Crippen LogP contribution is 2.09. The van der Waals surface area contributed by atoms with Crippen molar-refractivity contribution in [3.63, 3.8) is 0 Å². The molecule has 0 N–H and O–H groups in total. The minimum atomic E-state index is 0.698. The van der Waals surface area contributed by atoms with Crippen LogP contribution in [-0.2, 0) is 0 Å². The van der Waals surface area contributed by atoms with Crippen molar-refractivity contribution >= 4 is 22.8 Å². The first-order valence-corrected chi connectivity index (χ1v) is 3.16. The Labute approximate surface area is 62.4 Å². The van der Waals surface area contributed by atoms with Gasteiger partial charge in [0, 0.05) is 23.4 Å². The monoisotopic (exact) mass is 153 g/mol. The van der Waals surface area contributed by atoms with E-state index in [1.165, 1.54) is 4.20 Å². The van der Waals surface area contributed by atoms with Crippen LogP contribution in [-0.4, -0.2) is 14.3 Å². The molecule has 0 saturated carbocycles. The lowest BCUT2D eigenvalue weighted by atomic mass is 10.4. The molecule has 3 nitrogen and oxygen atoms in total. The maximum absolute atomic E-state index is 5.62. The molecule has 2 aromatic rings. The van der Waals surface area contributed by atoms with Crippen LogP contribution in [0.15, 0.2) is 24.5 Å². The van der Waals surface area contributed by atoms with Gasteiger partial charge in [0.15, 0.2) is 5.65 Å². The van der Waals surface area contributed by atoms with E-state index in [1.807, 2.05) is 12.1 Å². The van der Waals surface area contributed by atoms with Crippen LogP contribution < -0.4 is 0 Å². The van der Waals surface area contributed by atoms with Crippen molar-refractivity contribution in [1.29, 1.82) is 0 Å². The summed E-state index contributed by atoms with van der Waals surface area (Å²) in [4.78, 5) is 4.01. The molecule has 0 aliphatic heterocycles. The molecule has 0 bridgehead atoms. The quantitative estimate of drug-likeness (QED) is 0.573. The summed E-state index contributed by atoms with van der Waals surface area (Å²) in [6.07, 6.45) is 3.36. The van der Waals surface area contributed by atoms with Crippen LogP contribution in [0.5, 0.6) is 0 Å². The Morgan fingerprint density at radius 1 is 1.50 bits per heavy atom. The zero-order valence-corrected chi connectivity index (χ0v) is 5.78. The molecule has 0 atom stereocenters. The van der Waals surface area contributed by atoms with E-state index < -0.39 is 0 Å². The SMILES string of the molecule is Cln1ncc2cccnc21. The molecular weight excluding hydrogens is 150 g/mol. The predicted octanol–water partition coefficient (Wildman–Crippen LogP) is 1.43. The molecule has 0 aliphatic carbocycles. The van der Waals surface area contributed by atoms with E-state index in [0.29, 0.717) is 5.65 Å². The van der Waals surface area contributed by atoms with E-state index in [1.54, 1.807) is 12.4 Å². The van der Waals surface area contributed by atoms with Gasteiger partial charge in [-0.05, 0) is 12.1 Å². The summed E-state index contributed by atoms with van der Waals surface area (Å²) in [5.74, 6) is 0. The Bertz CT molecular complexity index is 355. The molecule has 4 heteroatoms. The predicted molar refractivity (Wildman–Crippen MR) is 38.8 cm³/mol. The van der Waals surface area contributed by atoms with E-state index in [2.05, 4.69) is 10.1 Å².